The van der Waals surface area contributed by atoms with Gasteiger partial charge in [-0.1, -0.05) is 19.8 Å². The summed E-state index contributed by atoms with van der Waals surface area (Å²) in [6.07, 6.45) is 6.15. The molecular formula is C12H26N4. The Morgan fingerprint density at radius 2 is 2.06 bits per heavy atom. The lowest BCUT2D eigenvalue weighted by Gasteiger charge is -2.30. The minimum Gasteiger partial charge on any atom is -0.340 e. The van der Waals surface area contributed by atoms with Crippen LogP contribution in [0, 0.1) is 0 Å². The second-order valence-electron chi connectivity index (χ2n) is 4.58. The third-order valence-corrected chi connectivity index (χ3v) is 3.49. The van der Waals surface area contributed by atoms with Gasteiger partial charge in [-0.2, -0.15) is 0 Å². The van der Waals surface area contributed by atoms with E-state index in [-0.39, 0.29) is 0 Å². The first-order valence-electron chi connectivity index (χ1n) is 6.53. The van der Waals surface area contributed by atoms with Gasteiger partial charge in [0.2, 0.25) is 5.96 Å². The van der Waals surface area contributed by atoms with E-state index in [9.17, 15) is 0 Å². The van der Waals surface area contributed by atoms with Crippen LogP contribution in [0.1, 0.15) is 52.9 Å². The number of guanidine groups is 1. The van der Waals surface area contributed by atoms with Crippen molar-refractivity contribution in [2.45, 2.75) is 65.0 Å². The topological polar surface area (TPSA) is 53.6 Å². The van der Waals surface area contributed by atoms with Crippen molar-refractivity contribution >= 4 is 5.96 Å². The quantitative estimate of drug-likeness (QED) is 0.333. The van der Waals surface area contributed by atoms with Crippen LogP contribution < -0.4 is 11.3 Å². The maximum Gasteiger partial charge on any atom is 0.208 e. The summed E-state index contributed by atoms with van der Waals surface area (Å²) >= 11 is 0. The molecule has 16 heavy (non-hydrogen) atoms. The molecule has 4 nitrogen and oxygen atoms in total. The number of nitrogens with two attached hydrogens (primary N) is 1. The van der Waals surface area contributed by atoms with E-state index in [4.69, 9.17) is 10.8 Å². The van der Waals surface area contributed by atoms with Crippen molar-refractivity contribution in [2.24, 2.45) is 10.8 Å². The minimum atomic E-state index is 0.476. The molecule has 1 unspecified atom stereocenters. The Bertz CT molecular complexity index is 221. The molecule has 1 rings (SSSR count). The molecule has 0 bridgehead atoms. The lowest BCUT2D eigenvalue weighted by atomic mass is 10.2. The standard InChI is InChI=1S/C12H26N4/c1-4-10(3)16(5-2)12(15-13)14-11-8-6-7-9-11/h10-11H,4-9,13H2,1-3H3,(H,14,15). The zero-order valence-electron chi connectivity index (χ0n) is 10.9. The van der Waals surface area contributed by atoms with E-state index >= 15 is 0 Å². The molecule has 0 amide bonds. The third-order valence-electron chi connectivity index (χ3n) is 3.49. The summed E-state index contributed by atoms with van der Waals surface area (Å²) in [5, 5.41) is 0. The van der Waals surface area contributed by atoms with E-state index in [1.807, 2.05) is 0 Å². The fourth-order valence-corrected chi connectivity index (χ4v) is 2.29. The van der Waals surface area contributed by atoms with Gasteiger partial charge in [-0.25, -0.2) is 10.8 Å². The zero-order valence-corrected chi connectivity index (χ0v) is 10.9. The van der Waals surface area contributed by atoms with Gasteiger partial charge in [-0.3, -0.25) is 5.43 Å². The summed E-state index contributed by atoms with van der Waals surface area (Å²) in [5.74, 6) is 6.46. The van der Waals surface area contributed by atoms with Gasteiger partial charge in [-0.15, -0.1) is 0 Å². The van der Waals surface area contributed by atoms with Crippen LogP contribution in [0.25, 0.3) is 0 Å². The van der Waals surface area contributed by atoms with E-state index in [1.165, 1.54) is 25.7 Å². The number of nitrogens with zero attached hydrogens (tertiary/aromatic N) is 2. The predicted molar refractivity (Wildman–Crippen MR) is 69.1 cm³/mol. The largest absolute Gasteiger partial charge is 0.340 e. The van der Waals surface area contributed by atoms with Crippen LogP contribution in [0.4, 0.5) is 0 Å². The highest BCUT2D eigenvalue weighted by Gasteiger charge is 2.19. The Balaban J connectivity index is 2.68. The van der Waals surface area contributed by atoms with Gasteiger partial charge in [0.05, 0.1) is 6.04 Å². The second kappa shape index (κ2) is 6.74. The van der Waals surface area contributed by atoms with Crippen LogP contribution in [0.5, 0.6) is 0 Å². The van der Waals surface area contributed by atoms with Gasteiger partial charge in [0, 0.05) is 12.6 Å². The molecule has 1 atom stereocenters. The van der Waals surface area contributed by atoms with Crippen LogP contribution in [-0.2, 0) is 0 Å². The molecule has 0 aromatic rings. The highest BCUT2D eigenvalue weighted by atomic mass is 15.4. The number of nitrogens with one attached hydrogen (secondary N) is 1. The predicted octanol–water partition coefficient (Wildman–Crippen LogP) is 1.87. The lowest BCUT2D eigenvalue weighted by Crippen LogP contribution is -2.49. The Hall–Kier alpha value is -0.770. The highest BCUT2D eigenvalue weighted by molar-refractivity contribution is 5.79. The van der Waals surface area contributed by atoms with Crippen molar-refractivity contribution in [3.05, 3.63) is 0 Å². The van der Waals surface area contributed by atoms with Gasteiger partial charge in [0.15, 0.2) is 0 Å². The molecule has 1 aliphatic rings. The van der Waals surface area contributed by atoms with Crippen molar-refractivity contribution in [3.63, 3.8) is 0 Å². The average molecular weight is 226 g/mol. The monoisotopic (exact) mass is 226 g/mol. The van der Waals surface area contributed by atoms with E-state index in [1.54, 1.807) is 0 Å². The summed E-state index contributed by atoms with van der Waals surface area (Å²) in [7, 11) is 0. The molecule has 94 valence electrons. The molecule has 1 aliphatic carbocycles. The number of hydrazine groups is 1. The van der Waals surface area contributed by atoms with Crippen LogP contribution in [0.15, 0.2) is 4.99 Å². The van der Waals surface area contributed by atoms with Crippen molar-refractivity contribution in [2.75, 3.05) is 6.54 Å². The molecular weight excluding hydrogens is 200 g/mol. The van der Waals surface area contributed by atoms with Crippen LogP contribution >= 0.6 is 0 Å². The Morgan fingerprint density at radius 1 is 1.44 bits per heavy atom. The van der Waals surface area contributed by atoms with Gasteiger partial charge < -0.3 is 4.90 Å². The molecule has 4 heteroatoms. The molecule has 0 aromatic heterocycles. The number of hydrogen-bond acceptors (Lipinski definition) is 2. The van der Waals surface area contributed by atoms with Crippen molar-refractivity contribution < 1.29 is 0 Å². The maximum absolute atomic E-state index is 5.60. The van der Waals surface area contributed by atoms with E-state index in [0.29, 0.717) is 12.1 Å². The Labute approximate surface area is 99.3 Å². The van der Waals surface area contributed by atoms with E-state index < -0.39 is 0 Å². The maximum atomic E-state index is 5.60. The SMILES string of the molecule is CCC(C)N(CC)C(=NC1CCCC1)NN. The minimum absolute atomic E-state index is 0.476. The number of hydrogen-bond donors (Lipinski definition) is 2. The average Bonchev–Trinajstić information content (AvgIpc) is 2.81. The lowest BCUT2D eigenvalue weighted by molar-refractivity contribution is 0.323. The summed E-state index contributed by atoms with van der Waals surface area (Å²) in [5.41, 5.74) is 2.77. The summed E-state index contributed by atoms with van der Waals surface area (Å²) in [4.78, 5) is 6.99. The summed E-state index contributed by atoms with van der Waals surface area (Å²) < 4.78 is 0. The fourth-order valence-electron chi connectivity index (χ4n) is 2.29. The van der Waals surface area contributed by atoms with Gasteiger partial charge in [0.1, 0.15) is 0 Å². The van der Waals surface area contributed by atoms with Gasteiger partial charge in [0.25, 0.3) is 0 Å². The second-order valence-corrected chi connectivity index (χ2v) is 4.58. The van der Waals surface area contributed by atoms with Crippen LogP contribution in [-0.4, -0.2) is 29.5 Å². The van der Waals surface area contributed by atoms with Gasteiger partial charge >= 0.3 is 0 Å². The molecule has 0 saturated heterocycles. The van der Waals surface area contributed by atoms with E-state index in [0.717, 1.165) is 18.9 Å². The molecule has 0 heterocycles. The van der Waals surface area contributed by atoms with Crippen LogP contribution in [0.2, 0.25) is 0 Å². The number of rotatable bonds is 4. The summed E-state index contributed by atoms with van der Waals surface area (Å²) in [6.45, 7) is 7.50. The van der Waals surface area contributed by atoms with E-state index in [2.05, 4.69) is 31.1 Å². The molecule has 0 radical (unpaired) electrons. The van der Waals surface area contributed by atoms with Crippen molar-refractivity contribution in [1.82, 2.24) is 10.3 Å². The Morgan fingerprint density at radius 3 is 2.50 bits per heavy atom. The van der Waals surface area contributed by atoms with Gasteiger partial charge in [-0.05, 0) is 33.1 Å². The normalized spacial score (nSPS) is 19.9. The summed E-state index contributed by atoms with van der Waals surface area (Å²) in [6, 6.07) is 0.963. The smallest absolute Gasteiger partial charge is 0.208 e. The third kappa shape index (κ3) is 3.37. The molecule has 0 spiro atoms. The van der Waals surface area contributed by atoms with Crippen molar-refractivity contribution in [3.8, 4) is 0 Å². The molecule has 1 saturated carbocycles. The molecule has 3 N–H and O–H groups in total. The zero-order chi connectivity index (χ0) is 12.0. The van der Waals surface area contributed by atoms with Crippen molar-refractivity contribution in [1.29, 1.82) is 0 Å². The number of aliphatic imine (C=N–C) groups is 1. The first kappa shape index (κ1) is 13.3. The molecule has 1 fully saturated rings. The highest BCUT2D eigenvalue weighted by Crippen LogP contribution is 2.21. The first-order valence-corrected chi connectivity index (χ1v) is 6.53. The first-order chi connectivity index (χ1) is 7.72. The Kier molecular flexibility index (Phi) is 5.60. The molecule has 0 aromatic carbocycles. The molecule has 0 aliphatic heterocycles. The van der Waals surface area contributed by atoms with Crippen LogP contribution in [0.3, 0.4) is 0 Å². The fraction of sp³-hybridized carbons (Fsp3) is 0.917.